The molecule has 1 heterocycles. The lowest BCUT2D eigenvalue weighted by Crippen LogP contribution is -2.18. The number of benzene rings is 2. The van der Waals surface area contributed by atoms with E-state index in [-0.39, 0.29) is 10.6 Å². The Balaban J connectivity index is 2.43. The second-order valence-corrected chi connectivity index (χ2v) is 8.11. The van der Waals surface area contributed by atoms with Gasteiger partial charge in [0.2, 0.25) is 0 Å². The number of hydrogen-bond acceptors (Lipinski definition) is 5. The molecule has 0 aliphatic heterocycles. The van der Waals surface area contributed by atoms with Gasteiger partial charge in [-0.05, 0) is 36.9 Å². The number of aryl methyl sites for hydroxylation is 1. The van der Waals surface area contributed by atoms with E-state index in [0.717, 1.165) is 21.3 Å². The zero-order chi connectivity index (χ0) is 18.2. The molecule has 7 heteroatoms. The van der Waals surface area contributed by atoms with Crippen molar-refractivity contribution in [2.75, 3.05) is 0 Å². The SMILES string of the molecule is CC(=O)c1c(SC#N)c2ccccc2n1S(=O)(=O)c1ccc(C)cc1. The average Bonchev–Trinajstić information content (AvgIpc) is 2.91. The number of nitriles is 1. The molecule has 0 aliphatic rings. The van der Waals surface area contributed by atoms with Gasteiger partial charge in [0, 0.05) is 12.3 Å². The van der Waals surface area contributed by atoms with Crippen LogP contribution in [0.5, 0.6) is 0 Å². The van der Waals surface area contributed by atoms with Gasteiger partial charge in [-0.3, -0.25) is 4.79 Å². The first-order valence-electron chi connectivity index (χ1n) is 7.40. The van der Waals surface area contributed by atoms with Crippen molar-refractivity contribution in [3.05, 3.63) is 59.8 Å². The summed E-state index contributed by atoms with van der Waals surface area (Å²) >= 11 is 0.794. The minimum atomic E-state index is -3.98. The van der Waals surface area contributed by atoms with Crippen LogP contribution in [0.4, 0.5) is 0 Å². The molecule has 0 spiro atoms. The van der Waals surface area contributed by atoms with Crippen molar-refractivity contribution >= 4 is 38.5 Å². The second kappa shape index (κ2) is 6.39. The molecular formula is C18H14N2O3S2. The minimum Gasteiger partial charge on any atom is -0.293 e. The third-order valence-corrected chi connectivity index (χ3v) is 6.26. The summed E-state index contributed by atoms with van der Waals surface area (Å²) in [4.78, 5) is 12.7. The highest BCUT2D eigenvalue weighted by molar-refractivity contribution is 8.04. The number of carbonyl (C=O) groups excluding carboxylic acids is 1. The Kier molecular flexibility index (Phi) is 4.41. The maximum Gasteiger partial charge on any atom is 0.268 e. The zero-order valence-corrected chi connectivity index (χ0v) is 15.2. The Labute approximate surface area is 149 Å². The van der Waals surface area contributed by atoms with Gasteiger partial charge < -0.3 is 0 Å². The number of rotatable bonds is 4. The fraction of sp³-hybridized carbons (Fsp3) is 0.111. The molecule has 3 aromatic rings. The minimum absolute atomic E-state index is 0.00771. The molecule has 0 bridgehead atoms. The summed E-state index contributed by atoms with van der Waals surface area (Å²) in [6, 6.07) is 13.2. The van der Waals surface area contributed by atoms with E-state index < -0.39 is 15.8 Å². The smallest absolute Gasteiger partial charge is 0.268 e. The third kappa shape index (κ3) is 2.84. The summed E-state index contributed by atoms with van der Waals surface area (Å²) in [7, 11) is -3.98. The van der Waals surface area contributed by atoms with Crippen molar-refractivity contribution in [3.63, 3.8) is 0 Å². The lowest BCUT2D eigenvalue weighted by Gasteiger charge is -2.11. The number of hydrogen-bond donors (Lipinski definition) is 0. The number of Topliss-reactive ketones (excluding diaryl/α,β-unsaturated/α-hetero) is 1. The van der Waals surface area contributed by atoms with Crippen LogP contribution in [-0.2, 0) is 10.0 Å². The molecule has 0 N–H and O–H groups in total. The molecule has 0 unspecified atom stereocenters. The van der Waals surface area contributed by atoms with Crippen molar-refractivity contribution in [1.29, 1.82) is 5.26 Å². The molecule has 0 amide bonds. The summed E-state index contributed by atoms with van der Waals surface area (Å²) in [6.07, 6.45) is 0. The molecule has 0 fully saturated rings. The number of carbonyl (C=O) groups is 1. The van der Waals surface area contributed by atoms with E-state index in [9.17, 15) is 13.2 Å². The summed E-state index contributed by atoms with van der Waals surface area (Å²) in [5.41, 5.74) is 1.32. The molecule has 2 aromatic carbocycles. The molecule has 1 aromatic heterocycles. The Hall–Kier alpha value is -2.56. The lowest BCUT2D eigenvalue weighted by atomic mass is 10.2. The Morgan fingerprint density at radius 1 is 1.12 bits per heavy atom. The summed E-state index contributed by atoms with van der Waals surface area (Å²) < 4.78 is 27.5. The van der Waals surface area contributed by atoms with E-state index in [0.29, 0.717) is 15.8 Å². The molecule has 0 aliphatic carbocycles. The number of nitrogens with zero attached hydrogens (tertiary/aromatic N) is 2. The van der Waals surface area contributed by atoms with Crippen LogP contribution in [0.1, 0.15) is 23.0 Å². The third-order valence-electron chi connectivity index (χ3n) is 3.83. The topological polar surface area (TPSA) is 79.9 Å². The first-order chi connectivity index (χ1) is 11.9. The van der Waals surface area contributed by atoms with Crippen molar-refractivity contribution in [2.24, 2.45) is 0 Å². The molecule has 0 saturated heterocycles. The standard InChI is InChI=1S/C18H14N2O3S2/c1-12-7-9-14(10-8-12)25(22,23)20-16-6-4-3-5-15(16)18(24-11-19)17(20)13(2)21/h3-10H,1-2H3. The monoisotopic (exact) mass is 370 g/mol. The normalized spacial score (nSPS) is 11.4. The molecule has 25 heavy (non-hydrogen) atoms. The molecule has 0 radical (unpaired) electrons. The van der Waals surface area contributed by atoms with Crippen LogP contribution >= 0.6 is 11.8 Å². The van der Waals surface area contributed by atoms with Gasteiger partial charge in [-0.2, -0.15) is 5.26 Å². The predicted octanol–water partition coefficient (Wildman–Crippen LogP) is 3.96. The number of aromatic nitrogens is 1. The summed E-state index contributed by atoms with van der Waals surface area (Å²) in [5, 5.41) is 11.6. The van der Waals surface area contributed by atoms with E-state index in [1.165, 1.54) is 19.1 Å². The van der Waals surface area contributed by atoms with Gasteiger partial charge in [0.1, 0.15) is 11.1 Å². The first-order valence-corrected chi connectivity index (χ1v) is 9.66. The largest absolute Gasteiger partial charge is 0.293 e. The molecule has 0 atom stereocenters. The molecule has 126 valence electrons. The van der Waals surface area contributed by atoms with Crippen molar-refractivity contribution in [3.8, 4) is 5.40 Å². The number of ketones is 1. The van der Waals surface area contributed by atoms with Crippen molar-refractivity contribution in [1.82, 2.24) is 3.97 Å². The van der Waals surface area contributed by atoms with Crippen LogP contribution in [0, 0.1) is 17.6 Å². The average molecular weight is 370 g/mol. The van der Waals surface area contributed by atoms with Crippen LogP contribution in [0.3, 0.4) is 0 Å². The van der Waals surface area contributed by atoms with E-state index in [2.05, 4.69) is 0 Å². The van der Waals surface area contributed by atoms with Crippen LogP contribution in [0.2, 0.25) is 0 Å². The number of thiocyanates is 1. The lowest BCUT2D eigenvalue weighted by molar-refractivity contribution is 0.100. The maximum atomic E-state index is 13.2. The van der Waals surface area contributed by atoms with E-state index in [4.69, 9.17) is 5.26 Å². The Bertz CT molecular complexity index is 1120. The van der Waals surface area contributed by atoms with Crippen molar-refractivity contribution in [2.45, 2.75) is 23.6 Å². The van der Waals surface area contributed by atoms with Gasteiger partial charge in [0.25, 0.3) is 10.0 Å². The van der Waals surface area contributed by atoms with Gasteiger partial charge in [-0.15, -0.1) is 0 Å². The summed E-state index contributed by atoms with van der Waals surface area (Å²) in [6.45, 7) is 3.17. The number of fused-ring (bicyclic) bond motifs is 1. The molecule has 5 nitrogen and oxygen atoms in total. The van der Waals surface area contributed by atoms with Gasteiger partial charge >= 0.3 is 0 Å². The number of thioether (sulfide) groups is 1. The Morgan fingerprint density at radius 3 is 2.36 bits per heavy atom. The summed E-state index contributed by atoms with van der Waals surface area (Å²) in [5.74, 6) is -0.412. The van der Waals surface area contributed by atoms with Gasteiger partial charge in [0.15, 0.2) is 5.78 Å². The highest BCUT2D eigenvalue weighted by Crippen LogP contribution is 2.36. The quantitative estimate of drug-likeness (QED) is 0.394. The van der Waals surface area contributed by atoms with E-state index in [1.807, 2.05) is 12.3 Å². The van der Waals surface area contributed by atoms with Gasteiger partial charge in [0.05, 0.1) is 15.3 Å². The first kappa shape index (κ1) is 17.3. The fourth-order valence-electron chi connectivity index (χ4n) is 2.70. The van der Waals surface area contributed by atoms with E-state index >= 15 is 0 Å². The predicted molar refractivity (Wildman–Crippen MR) is 97.2 cm³/mol. The van der Waals surface area contributed by atoms with E-state index in [1.54, 1.807) is 36.4 Å². The molecular weight excluding hydrogens is 356 g/mol. The highest BCUT2D eigenvalue weighted by atomic mass is 32.2. The van der Waals surface area contributed by atoms with Crippen LogP contribution in [-0.4, -0.2) is 18.2 Å². The molecule has 3 rings (SSSR count). The van der Waals surface area contributed by atoms with Gasteiger partial charge in [-0.25, -0.2) is 12.4 Å². The van der Waals surface area contributed by atoms with Crippen molar-refractivity contribution < 1.29 is 13.2 Å². The highest BCUT2D eigenvalue weighted by Gasteiger charge is 2.29. The van der Waals surface area contributed by atoms with Crippen LogP contribution < -0.4 is 0 Å². The zero-order valence-electron chi connectivity index (χ0n) is 13.6. The van der Waals surface area contributed by atoms with Crippen LogP contribution in [0.15, 0.2) is 58.3 Å². The second-order valence-electron chi connectivity index (χ2n) is 5.53. The van der Waals surface area contributed by atoms with Gasteiger partial charge in [-0.1, -0.05) is 35.9 Å². The molecule has 0 saturated carbocycles. The van der Waals surface area contributed by atoms with Crippen LogP contribution in [0.25, 0.3) is 10.9 Å². The maximum absolute atomic E-state index is 13.2. The number of para-hydroxylation sites is 1. The fourth-order valence-corrected chi connectivity index (χ4v) is 5.03. The Morgan fingerprint density at radius 2 is 1.76 bits per heavy atom.